The van der Waals surface area contributed by atoms with E-state index in [0.717, 1.165) is 6.42 Å². The molecular weight excluding hydrogens is 403 g/mol. The van der Waals surface area contributed by atoms with Crippen molar-refractivity contribution in [2.45, 2.75) is 39.5 Å². The summed E-state index contributed by atoms with van der Waals surface area (Å²) in [4.78, 5) is 0. The quantitative estimate of drug-likeness (QED) is 0.350. The average molecular weight is 431 g/mol. The molecule has 2 aromatic carbocycles. The van der Waals surface area contributed by atoms with Crippen molar-refractivity contribution in [2.24, 2.45) is 0 Å². The normalized spacial score (nSPS) is 11.2. The van der Waals surface area contributed by atoms with E-state index < -0.39 is 0 Å². The van der Waals surface area contributed by atoms with Crippen LogP contribution < -0.4 is 0 Å². The Balaban J connectivity index is -0.000000268. The van der Waals surface area contributed by atoms with Crippen LogP contribution in [0.15, 0.2) is 60.2 Å². The predicted molar refractivity (Wildman–Crippen MR) is 115 cm³/mol. The van der Waals surface area contributed by atoms with Crippen molar-refractivity contribution in [1.29, 1.82) is 0 Å². The van der Waals surface area contributed by atoms with Gasteiger partial charge in [-0.15, -0.1) is 67.8 Å². The van der Waals surface area contributed by atoms with Gasteiger partial charge in [-0.05, 0) is 0 Å². The van der Waals surface area contributed by atoms with Crippen molar-refractivity contribution in [2.75, 3.05) is 0 Å². The fourth-order valence-corrected chi connectivity index (χ4v) is 1.57. The van der Waals surface area contributed by atoms with Crippen LogP contribution in [-0.4, -0.2) is 16.6 Å². The van der Waals surface area contributed by atoms with Crippen molar-refractivity contribution in [3.05, 3.63) is 66.3 Å². The minimum Gasteiger partial charge on any atom is -0.273 e. The van der Waals surface area contributed by atoms with Gasteiger partial charge in [0.2, 0.25) is 0 Å². The second kappa shape index (κ2) is 16.5. The van der Waals surface area contributed by atoms with Gasteiger partial charge in [0, 0.05) is 16.6 Å². The first-order chi connectivity index (χ1) is 10.0. The van der Waals surface area contributed by atoms with Crippen LogP contribution in [-0.2, 0) is 21.7 Å². The van der Waals surface area contributed by atoms with E-state index >= 15 is 0 Å². The van der Waals surface area contributed by atoms with Crippen LogP contribution in [0.25, 0.3) is 10.8 Å². The van der Waals surface area contributed by atoms with E-state index in [-0.39, 0.29) is 63.2 Å². The first-order valence-electron chi connectivity index (χ1n) is 7.45. The molecule has 0 aromatic heterocycles. The standard InChI is InChI=1S/C9H7.C6H7.C4H12Si2.2ClH.Ti/c1-2-5-9-7-3-6-8(9)4-1;1-6-4-2-3-5-6;1-5(2)6(3)4;;;/h1-7H;4-5H,2H2,1H3;1-4H3;2*1H;/q2*-1;;;;+2. The van der Waals surface area contributed by atoms with Gasteiger partial charge < -0.3 is 0 Å². The minimum absolute atomic E-state index is 0. The number of rotatable bonds is 1. The molecule has 0 amide bonds. The van der Waals surface area contributed by atoms with Gasteiger partial charge in [0.15, 0.2) is 0 Å². The van der Waals surface area contributed by atoms with Crippen LogP contribution in [0.4, 0.5) is 0 Å². The fourth-order valence-electron chi connectivity index (χ4n) is 1.57. The van der Waals surface area contributed by atoms with Gasteiger partial charge in [0.25, 0.3) is 0 Å². The van der Waals surface area contributed by atoms with Gasteiger partial charge in [-0.1, -0.05) is 32.3 Å². The molecule has 0 saturated heterocycles. The molecule has 0 nitrogen and oxygen atoms in total. The summed E-state index contributed by atoms with van der Waals surface area (Å²) < 4.78 is 0. The number of halogens is 2. The van der Waals surface area contributed by atoms with E-state index in [1.165, 1.54) is 16.3 Å². The third-order valence-electron chi connectivity index (χ3n) is 3.42. The van der Waals surface area contributed by atoms with Gasteiger partial charge in [0.05, 0.1) is 0 Å². The SMILES string of the molecule is CC1=CC[C-]=C1.C[Si](C)[Si](C)C.Cl.Cl.[Ti+2].c1ccc2[cH-]ccc2c1. The zero-order valence-electron chi connectivity index (χ0n) is 15.2. The van der Waals surface area contributed by atoms with E-state index in [1.54, 1.807) is 0 Å². The number of fused-ring (bicyclic) bond motifs is 1. The van der Waals surface area contributed by atoms with Crippen molar-refractivity contribution >= 4 is 52.2 Å². The van der Waals surface area contributed by atoms with Crippen LogP contribution in [0.2, 0.25) is 26.2 Å². The van der Waals surface area contributed by atoms with Gasteiger partial charge in [0.1, 0.15) is 0 Å². The van der Waals surface area contributed by atoms with E-state index in [2.05, 4.69) is 87.7 Å². The molecule has 2 aromatic rings. The monoisotopic (exact) mass is 430 g/mol. The molecule has 0 N–H and O–H groups in total. The Hall–Kier alpha value is 0.0381. The molecule has 0 unspecified atom stereocenters. The molecule has 130 valence electrons. The van der Waals surface area contributed by atoms with Crippen LogP contribution >= 0.6 is 24.8 Å². The summed E-state index contributed by atoms with van der Waals surface area (Å²) in [6.07, 6.45) is 8.24. The Bertz CT molecular complexity index is 551. The second-order valence-corrected chi connectivity index (χ2v) is 15.7. The summed E-state index contributed by atoms with van der Waals surface area (Å²) in [5.41, 5.74) is 1.34. The van der Waals surface area contributed by atoms with Crippen LogP contribution in [0.1, 0.15) is 13.3 Å². The Morgan fingerprint density at radius 2 is 1.54 bits per heavy atom. The maximum absolute atomic E-state index is 3.05. The molecule has 0 spiro atoms. The van der Waals surface area contributed by atoms with Gasteiger partial charge in [-0.2, -0.15) is 23.6 Å². The first-order valence-corrected chi connectivity index (χ1v) is 13.4. The molecule has 0 bridgehead atoms. The molecular formula is C19H28Cl2Si2Ti. The van der Waals surface area contributed by atoms with Crippen molar-refractivity contribution in [3.8, 4) is 0 Å². The van der Waals surface area contributed by atoms with E-state index in [1.807, 2.05) is 6.08 Å². The van der Waals surface area contributed by atoms with Crippen LogP contribution in [0, 0.1) is 6.08 Å². The molecule has 0 atom stereocenters. The third-order valence-corrected chi connectivity index (χ3v) is 11.4. The smallest absolute Gasteiger partial charge is 0.273 e. The molecule has 1 aliphatic carbocycles. The van der Waals surface area contributed by atoms with E-state index in [9.17, 15) is 0 Å². The maximum atomic E-state index is 3.05. The Kier molecular flexibility index (Phi) is 19.8. The third kappa shape index (κ3) is 12.4. The van der Waals surface area contributed by atoms with Gasteiger partial charge in [-0.3, -0.25) is 6.08 Å². The first kappa shape index (κ1) is 28.8. The van der Waals surface area contributed by atoms with Crippen molar-refractivity contribution in [1.82, 2.24) is 0 Å². The molecule has 0 saturated carbocycles. The topological polar surface area (TPSA) is 0 Å². The predicted octanol–water partition coefficient (Wildman–Crippen LogP) is 6.67. The van der Waals surface area contributed by atoms with Crippen LogP contribution in [0.3, 0.4) is 0 Å². The Morgan fingerprint density at radius 1 is 0.958 bits per heavy atom. The molecule has 24 heavy (non-hydrogen) atoms. The molecule has 5 heteroatoms. The average Bonchev–Trinajstić information content (AvgIpc) is 3.10. The number of benzene rings is 1. The van der Waals surface area contributed by atoms with Gasteiger partial charge in [-0.25, -0.2) is 11.6 Å². The number of allylic oxidation sites excluding steroid dienone is 4. The second-order valence-electron chi connectivity index (χ2n) is 5.66. The molecule has 0 fully saturated rings. The van der Waals surface area contributed by atoms with Gasteiger partial charge >= 0.3 is 21.7 Å². The summed E-state index contributed by atoms with van der Waals surface area (Å²) in [6, 6.07) is 14.7. The Morgan fingerprint density at radius 3 is 1.92 bits per heavy atom. The minimum atomic E-state index is 0. The largest absolute Gasteiger partial charge is 2.00 e. The zero-order valence-corrected chi connectivity index (χ0v) is 20.4. The molecule has 1 aliphatic rings. The number of hydrogen-bond acceptors (Lipinski definition) is 0. The number of hydrogen-bond donors (Lipinski definition) is 0. The molecule has 0 heterocycles. The summed E-state index contributed by atoms with van der Waals surface area (Å²) in [5.74, 6) is 0. The summed E-state index contributed by atoms with van der Waals surface area (Å²) in [5, 5.41) is 2.66. The zero-order chi connectivity index (χ0) is 15.7. The molecule has 0 aliphatic heterocycles. The molecule has 2 radical (unpaired) electrons. The van der Waals surface area contributed by atoms with Crippen molar-refractivity contribution in [3.63, 3.8) is 0 Å². The summed E-state index contributed by atoms with van der Waals surface area (Å²) >= 11 is 0. The molecule has 3 rings (SSSR count). The summed E-state index contributed by atoms with van der Waals surface area (Å²) in [7, 11) is 0.300. The van der Waals surface area contributed by atoms with E-state index in [4.69, 9.17) is 0 Å². The Labute approximate surface area is 178 Å². The van der Waals surface area contributed by atoms with Crippen LogP contribution in [0.5, 0.6) is 0 Å². The summed E-state index contributed by atoms with van der Waals surface area (Å²) in [6.45, 7) is 11.6. The fraction of sp³-hybridized carbons (Fsp3) is 0.316. The maximum Gasteiger partial charge on any atom is 2.00 e. The van der Waals surface area contributed by atoms with E-state index in [0.29, 0.717) is 0 Å². The van der Waals surface area contributed by atoms with Crippen molar-refractivity contribution < 1.29 is 21.7 Å².